The summed E-state index contributed by atoms with van der Waals surface area (Å²) in [6.07, 6.45) is 0. The Kier molecular flexibility index (Phi) is 8.43. The summed E-state index contributed by atoms with van der Waals surface area (Å²) >= 11 is 10.4. The normalized spacial score (nSPS) is 22.4. The summed E-state index contributed by atoms with van der Waals surface area (Å²) in [4.78, 5) is 49.3. The number of fused-ring (bicyclic) bond motifs is 1. The Labute approximate surface area is 247 Å². The number of nitrogens with two attached hydrogens (primary N) is 1. The third kappa shape index (κ3) is 5.86. The predicted molar refractivity (Wildman–Crippen MR) is 149 cm³/mol. The fourth-order valence-corrected chi connectivity index (χ4v) is 7.96. The lowest BCUT2D eigenvalue weighted by atomic mass is 9.89. The molecule has 0 saturated carbocycles. The van der Waals surface area contributed by atoms with Gasteiger partial charge < -0.3 is 31.0 Å². The number of thioether (sulfide) groups is 2. The van der Waals surface area contributed by atoms with Crippen LogP contribution in [0.5, 0.6) is 5.75 Å². The van der Waals surface area contributed by atoms with Gasteiger partial charge in [-0.15, -0.1) is 22.0 Å². The van der Waals surface area contributed by atoms with E-state index in [2.05, 4.69) is 30.0 Å². The first-order valence-electron chi connectivity index (χ1n) is 11.3. The molecular formula is C21H19ClN8O6S4. The standard InChI is InChI=1S/C21H19ClN8O6S4/c22-9-1-3-10(4-2-9)36-28-12(14-25-19(23)40-29-14)15(32)24-13-16(33)30-6-21(18(34)35,7-37-17(13)30)8-38-20-27-26-11(5-31)39-20/h1-4,13,17,31H,5-8H2,(H,24,32)(H,34,35)(H2,23,25,29)/t13?,17-,21?/m1/s1. The molecule has 2 aliphatic rings. The van der Waals surface area contributed by atoms with Gasteiger partial charge in [0, 0.05) is 34.6 Å². The van der Waals surface area contributed by atoms with Gasteiger partial charge in [-0.3, -0.25) is 14.4 Å². The molecule has 19 heteroatoms. The number of hydrogen-bond acceptors (Lipinski definition) is 15. The van der Waals surface area contributed by atoms with E-state index in [0.717, 1.165) is 11.5 Å². The maximum atomic E-state index is 13.2. The topological polar surface area (TPSA) is 206 Å². The molecule has 210 valence electrons. The minimum atomic E-state index is -1.23. The van der Waals surface area contributed by atoms with Crippen LogP contribution in [-0.4, -0.2) is 87.6 Å². The number of oxime groups is 1. The third-order valence-corrected chi connectivity index (χ3v) is 10.6. The number of nitrogens with one attached hydrogen (secondary N) is 1. The first kappa shape index (κ1) is 28.5. The fourth-order valence-electron chi connectivity index (χ4n) is 3.78. The molecule has 14 nitrogen and oxygen atoms in total. The number of amides is 2. The molecule has 2 saturated heterocycles. The monoisotopic (exact) mass is 642 g/mol. The van der Waals surface area contributed by atoms with Crippen LogP contribution >= 0.6 is 58.0 Å². The summed E-state index contributed by atoms with van der Waals surface area (Å²) in [7, 11) is 0. The fraction of sp³-hybridized carbons (Fsp3) is 0.333. The van der Waals surface area contributed by atoms with E-state index in [4.69, 9.17) is 22.2 Å². The Morgan fingerprint density at radius 2 is 2.10 bits per heavy atom. The van der Waals surface area contributed by atoms with Crippen LogP contribution in [-0.2, 0) is 21.0 Å². The molecule has 3 atom stereocenters. The smallest absolute Gasteiger partial charge is 0.313 e. The molecule has 0 aliphatic carbocycles. The molecule has 0 bridgehead atoms. The molecular weight excluding hydrogens is 624 g/mol. The second kappa shape index (κ2) is 11.8. The number of nitrogens with zero attached hydrogens (tertiary/aromatic N) is 6. The number of aromatic nitrogens is 4. The minimum Gasteiger partial charge on any atom is -0.481 e. The molecule has 1 aromatic carbocycles. The van der Waals surface area contributed by atoms with Gasteiger partial charge in [0.2, 0.25) is 17.4 Å². The average molecular weight is 643 g/mol. The molecule has 2 aliphatic heterocycles. The molecule has 5 rings (SSSR count). The summed E-state index contributed by atoms with van der Waals surface area (Å²) in [5.74, 6) is -1.65. The van der Waals surface area contributed by atoms with Crippen molar-refractivity contribution >= 4 is 86.6 Å². The van der Waals surface area contributed by atoms with Gasteiger partial charge in [-0.25, -0.2) is 0 Å². The van der Waals surface area contributed by atoms with Gasteiger partial charge in [0.15, 0.2) is 15.2 Å². The van der Waals surface area contributed by atoms with Gasteiger partial charge in [-0.1, -0.05) is 39.9 Å². The maximum absolute atomic E-state index is 13.2. The minimum absolute atomic E-state index is 0.0331. The van der Waals surface area contributed by atoms with Gasteiger partial charge in [-0.05, 0) is 24.3 Å². The van der Waals surface area contributed by atoms with Gasteiger partial charge >= 0.3 is 5.97 Å². The summed E-state index contributed by atoms with van der Waals surface area (Å²) in [5, 5.41) is 34.1. The molecule has 40 heavy (non-hydrogen) atoms. The summed E-state index contributed by atoms with van der Waals surface area (Å²) in [5.41, 5.74) is 4.16. The number of carboxylic acids is 1. The van der Waals surface area contributed by atoms with Crippen molar-refractivity contribution in [3.8, 4) is 5.75 Å². The van der Waals surface area contributed by atoms with Crippen LogP contribution in [0.3, 0.4) is 0 Å². The lowest BCUT2D eigenvalue weighted by Crippen LogP contribution is -2.74. The number of carbonyl (C=O) groups excluding carboxylic acids is 2. The number of β-lactam (4-membered cyclic amide) rings is 1. The number of aliphatic carboxylic acids is 1. The van der Waals surface area contributed by atoms with Crippen molar-refractivity contribution in [1.82, 2.24) is 29.8 Å². The zero-order chi connectivity index (χ0) is 28.4. The molecule has 4 heterocycles. The van der Waals surface area contributed by atoms with E-state index in [9.17, 15) is 24.6 Å². The lowest BCUT2D eigenvalue weighted by molar-refractivity contribution is -0.157. The Hall–Kier alpha value is -3.03. The highest BCUT2D eigenvalue weighted by Crippen LogP contribution is 2.44. The van der Waals surface area contributed by atoms with Crippen molar-refractivity contribution in [3.05, 3.63) is 40.1 Å². The van der Waals surface area contributed by atoms with E-state index in [-0.39, 0.29) is 41.3 Å². The largest absolute Gasteiger partial charge is 0.481 e. The molecule has 0 radical (unpaired) electrons. The number of rotatable bonds is 10. The van der Waals surface area contributed by atoms with E-state index in [0.29, 0.717) is 20.1 Å². The zero-order valence-electron chi connectivity index (χ0n) is 20.1. The number of aliphatic hydroxyl groups is 1. The quantitative estimate of drug-likeness (QED) is 0.106. The van der Waals surface area contributed by atoms with Crippen LogP contribution in [0.2, 0.25) is 5.02 Å². The second-order valence-electron chi connectivity index (χ2n) is 8.55. The van der Waals surface area contributed by atoms with E-state index < -0.39 is 34.6 Å². The second-order valence-corrected chi connectivity index (χ2v) is 13.2. The number of aliphatic hydroxyl groups excluding tert-OH is 1. The number of halogens is 1. The highest BCUT2D eigenvalue weighted by molar-refractivity contribution is 8.01. The molecule has 2 fully saturated rings. The number of carbonyl (C=O) groups is 3. The van der Waals surface area contributed by atoms with Crippen molar-refractivity contribution in [2.75, 3.05) is 23.8 Å². The van der Waals surface area contributed by atoms with Crippen molar-refractivity contribution < 1.29 is 29.4 Å². The van der Waals surface area contributed by atoms with Crippen LogP contribution in [0.4, 0.5) is 5.13 Å². The Morgan fingerprint density at radius 3 is 2.75 bits per heavy atom. The van der Waals surface area contributed by atoms with Gasteiger partial charge in [0.05, 0.1) is 6.61 Å². The highest BCUT2D eigenvalue weighted by Gasteiger charge is 2.57. The SMILES string of the molecule is Nc1nc(C(=NOc2ccc(Cl)cc2)C(=O)NC2C(=O)N3CC(CSc4nnc(CO)s4)(C(=O)O)CS[C@H]23)ns1. The van der Waals surface area contributed by atoms with Crippen molar-refractivity contribution in [2.24, 2.45) is 10.6 Å². The molecule has 2 unspecified atom stereocenters. The van der Waals surface area contributed by atoms with E-state index in [1.54, 1.807) is 24.3 Å². The average Bonchev–Trinajstić information content (AvgIpc) is 3.60. The molecule has 2 aromatic heterocycles. The Bertz CT molecular complexity index is 1470. The van der Waals surface area contributed by atoms with Crippen LogP contribution in [0, 0.1) is 5.41 Å². The number of carboxylic acid groups (broad SMARTS) is 1. The van der Waals surface area contributed by atoms with Crippen LogP contribution < -0.4 is 15.9 Å². The van der Waals surface area contributed by atoms with Gasteiger partial charge in [0.1, 0.15) is 21.8 Å². The molecule has 2 amide bonds. The number of anilines is 1. The van der Waals surface area contributed by atoms with Gasteiger partial charge in [0.25, 0.3) is 5.91 Å². The lowest BCUT2D eigenvalue weighted by Gasteiger charge is -2.53. The molecule has 3 aromatic rings. The first-order chi connectivity index (χ1) is 19.2. The summed E-state index contributed by atoms with van der Waals surface area (Å²) in [6, 6.07) is 5.37. The molecule has 0 spiro atoms. The van der Waals surface area contributed by atoms with E-state index in [1.807, 2.05) is 0 Å². The number of hydrogen-bond donors (Lipinski definition) is 4. The van der Waals surface area contributed by atoms with Crippen molar-refractivity contribution in [1.29, 1.82) is 0 Å². The highest BCUT2D eigenvalue weighted by atomic mass is 35.5. The van der Waals surface area contributed by atoms with E-state index in [1.165, 1.54) is 39.8 Å². The van der Waals surface area contributed by atoms with Crippen LogP contribution in [0.15, 0.2) is 33.8 Å². The zero-order valence-corrected chi connectivity index (χ0v) is 24.1. The van der Waals surface area contributed by atoms with Crippen molar-refractivity contribution in [2.45, 2.75) is 22.4 Å². The number of nitrogen functional groups attached to an aromatic ring is 1. The molecule has 5 N–H and O–H groups in total. The summed E-state index contributed by atoms with van der Waals surface area (Å²) in [6.45, 7) is -0.282. The van der Waals surface area contributed by atoms with E-state index >= 15 is 0 Å². The van der Waals surface area contributed by atoms with Crippen molar-refractivity contribution in [3.63, 3.8) is 0 Å². The van der Waals surface area contributed by atoms with Gasteiger partial charge in [-0.2, -0.15) is 9.36 Å². The third-order valence-electron chi connectivity index (χ3n) is 5.87. The number of benzene rings is 1. The van der Waals surface area contributed by atoms with Crippen LogP contribution in [0.1, 0.15) is 10.8 Å². The predicted octanol–water partition coefficient (Wildman–Crippen LogP) is 1.16. The summed E-state index contributed by atoms with van der Waals surface area (Å²) < 4.78 is 4.56. The Balaban J connectivity index is 1.26. The maximum Gasteiger partial charge on any atom is 0.313 e. The first-order valence-corrected chi connectivity index (χ1v) is 15.3. The van der Waals surface area contributed by atoms with Crippen LogP contribution in [0.25, 0.3) is 0 Å². The Morgan fingerprint density at radius 1 is 1.32 bits per heavy atom.